The lowest BCUT2D eigenvalue weighted by atomic mass is 9.64. The molecule has 4 nitrogen and oxygen atoms in total. The van der Waals surface area contributed by atoms with Gasteiger partial charge in [-0.05, 0) is 25.2 Å². The first-order valence-electron chi connectivity index (χ1n) is 8.11. The van der Waals surface area contributed by atoms with Crippen LogP contribution in [-0.2, 0) is 14.3 Å². The second-order valence-corrected chi connectivity index (χ2v) is 6.79. The Kier molecular flexibility index (Phi) is 5.10. The van der Waals surface area contributed by atoms with Crippen LogP contribution in [-0.4, -0.2) is 29.9 Å². The number of ketones is 1. The van der Waals surface area contributed by atoms with Crippen molar-refractivity contribution in [2.24, 2.45) is 11.3 Å². The zero-order valence-corrected chi connectivity index (χ0v) is 13.5. The highest BCUT2D eigenvalue weighted by Gasteiger charge is 2.54. The van der Waals surface area contributed by atoms with Crippen LogP contribution in [0, 0.1) is 11.3 Å². The number of carbonyl (C=O) groups is 1. The molecule has 1 atom stereocenters. The molecule has 1 saturated carbocycles. The summed E-state index contributed by atoms with van der Waals surface area (Å²) in [6, 6.07) is 0. The van der Waals surface area contributed by atoms with Gasteiger partial charge in [0, 0.05) is 23.8 Å². The molecule has 0 radical (unpaired) electrons. The summed E-state index contributed by atoms with van der Waals surface area (Å²) in [6.45, 7) is 7.77. The molecule has 21 heavy (non-hydrogen) atoms. The summed E-state index contributed by atoms with van der Waals surface area (Å²) < 4.78 is 12.1. The summed E-state index contributed by atoms with van der Waals surface area (Å²) in [5.41, 5.74) is 0.341. The number of unbranched alkanes of at least 4 members (excludes halogenated alkanes) is 1. The molecule has 0 bridgehead atoms. The van der Waals surface area contributed by atoms with Gasteiger partial charge in [-0.2, -0.15) is 0 Å². The SMILES string of the molecule is CCCCC1(C(C)(C)[C@@H]2CC/C(=C\O)C(=O)C2)OCCO1. The number of allylic oxidation sites excluding steroid dienone is 1. The second kappa shape index (κ2) is 6.49. The average molecular weight is 296 g/mol. The molecular formula is C17H28O4. The number of Topliss-reactive ketones (excluding diaryl/α,β-unsaturated/α-hetero) is 1. The molecule has 1 saturated heterocycles. The third-order valence-corrected chi connectivity index (χ3v) is 5.32. The van der Waals surface area contributed by atoms with Gasteiger partial charge in [-0.1, -0.05) is 27.2 Å². The van der Waals surface area contributed by atoms with Crippen LogP contribution in [0.15, 0.2) is 11.8 Å². The van der Waals surface area contributed by atoms with E-state index in [-0.39, 0.29) is 17.1 Å². The second-order valence-electron chi connectivity index (χ2n) is 6.79. The van der Waals surface area contributed by atoms with Crippen LogP contribution in [0.1, 0.15) is 59.3 Å². The average Bonchev–Trinajstić information content (AvgIpc) is 2.95. The third kappa shape index (κ3) is 3.02. The standard InChI is InChI=1S/C17H28O4/c1-4-5-8-17(20-9-10-21-17)16(2,3)14-7-6-13(12-18)15(19)11-14/h12,14,18H,4-11H2,1-3H3/b13-12+/t14-/m1/s1. The maximum atomic E-state index is 12.1. The van der Waals surface area contributed by atoms with Gasteiger partial charge < -0.3 is 14.6 Å². The molecule has 2 rings (SSSR count). The third-order valence-electron chi connectivity index (χ3n) is 5.32. The van der Waals surface area contributed by atoms with Gasteiger partial charge in [0.25, 0.3) is 0 Å². The zero-order chi connectivity index (χ0) is 15.5. The number of aliphatic hydroxyl groups is 1. The first-order chi connectivity index (χ1) is 9.97. The molecule has 0 aromatic carbocycles. The molecule has 0 aromatic heterocycles. The summed E-state index contributed by atoms with van der Waals surface area (Å²) in [4.78, 5) is 12.1. The van der Waals surface area contributed by atoms with Crippen molar-refractivity contribution in [1.29, 1.82) is 0 Å². The van der Waals surface area contributed by atoms with Crippen LogP contribution in [0.3, 0.4) is 0 Å². The molecule has 1 aliphatic carbocycles. The summed E-state index contributed by atoms with van der Waals surface area (Å²) in [5.74, 6) is -0.275. The Balaban J connectivity index is 2.17. The Labute approximate surface area is 127 Å². The van der Waals surface area contributed by atoms with Crippen molar-refractivity contribution in [1.82, 2.24) is 0 Å². The molecule has 2 aliphatic rings. The van der Waals surface area contributed by atoms with Gasteiger partial charge in [0.1, 0.15) is 0 Å². The van der Waals surface area contributed by atoms with Crippen molar-refractivity contribution >= 4 is 5.78 Å². The molecule has 1 heterocycles. The van der Waals surface area contributed by atoms with Gasteiger partial charge in [0.15, 0.2) is 11.6 Å². The fourth-order valence-corrected chi connectivity index (χ4v) is 3.69. The summed E-state index contributed by atoms with van der Waals surface area (Å²) >= 11 is 0. The Morgan fingerprint density at radius 2 is 2.05 bits per heavy atom. The number of rotatable bonds is 5. The van der Waals surface area contributed by atoms with Gasteiger partial charge in [0.2, 0.25) is 0 Å². The van der Waals surface area contributed by atoms with Crippen molar-refractivity contribution in [3.63, 3.8) is 0 Å². The van der Waals surface area contributed by atoms with Crippen LogP contribution < -0.4 is 0 Å². The van der Waals surface area contributed by atoms with Gasteiger partial charge in [-0.25, -0.2) is 0 Å². The lowest BCUT2D eigenvalue weighted by molar-refractivity contribution is -0.249. The topological polar surface area (TPSA) is 55.8 Å². The van der Waals surface area contributed by atoms with Gasteiger partial charge in [-0.15, -0.1) is 0 Å². The molecule has 0 unspecified atom stereocenters. The predicted molar refractivity (Wildman–Crippen MR) is 81.0 cm³/mol. The van der Waals surface area contributed by atoms with E-state index in [9.17, 15) is 4.79 Å². The van der Waals surface area contributed by atoms with Crippen molar-refractivity contribution in [2.45, 2.75) is 65.1 Å². The Morgan fingerprint density at radius 3 is 2.57 bits per heavy atom. The molecule has 0 aromatic rings. The smallest absolute Gasteiger partial charge is 0.173 e. The van der Waals surface area contributed by atoms with Crippen molar-refractivity contribution in [3.8, 4) is 0 Å². The van der Waals surface area contributed by atoms with Crippen LogP contribution in [0.5, 0.6) is 0 Å². The highest BCUT2D eigenvalue weighted by atomic mass is 16.7. The van der Waals surface area contributed by atoms with Gasteiger partial charge in [0.05, 0.1) is 19.5 Å². The number of ether oxygens (including phenoxy) is 2. The lowest BCUT2D eigenvalue weighted by Crippen LogP contribution is -2.51. The van der Waals surface area contributed by atoms with E-state index in [4.69, 9.17) is 14.6 Å². The molecule has 4 heteroatoms. The quantitative estimate of drug-likeness (QED) is 0.620. The van der Waals surface area contributed by atoms with E-state index >= 15 is 0 Å². The van der Waals surface area contributed by atoms with Gasteiger partial charge >= 0.3 is 0 Å². The molecule has 0 spiro atoms. The minimum Gasteiger partial charge on any atom is -0.515 e. The Hall–Kier alpha value is -0.870. The van der Waals surface area contributed by atoms with E-state index in [2.05, 4.69) is 20.8 Å². The summed E-state index contributed by atoms with van der Waals surface area (Å²) in [6.07, 6.45) is 6.03. The van der Waals surface area contributed by atoms with E-state index in [1.165, 1.54) is 0 Å². The summed E-state index contributed by atoms with van der Waals surface area (Å²) in [7, 11) is 0. The Bertz CT molecular complexity index is 405. The molecule has 1 aliphatic heterocycles. The number of carbonyl (C=O) groups excluding carboxylic acids is 1. The van der Waals surface area contributed by atoms with E-state index in [0.29, 0.717) is 31.6 Å². The molecule has 2 fully saturated rings. The number of aliphatic hydroxyl groups excluding tert-OH is 1. The van der Waals surface area contributed by atoms with Crippen molar-refractivity contribution in [3.05, 3.63) is 11.8 Å². The highest BCUT2D eigenvalue weighted by Crippen LogP contribution is 2.51. The van der Waals surface area contributed by atoms with E-state index in [1.54, 1.807) is 0 Å². The predicted octanol–water partition coefficient (Wildman–Crippen LogP) is 3.76. The van der Waals surface area contributed by atoms with Gasteiger partial charge in [-0.3, -0.25) is 4.79 Å². The van der Waals surface area contributed by atoms with Crippen molar-refractivity contribution < 1.29 is 19.4 Å². The molecular weight excluding hydrogens is 268 g/mol. The minimum atomic E-state index is -0.561. The van der Waals surface area contributed by atoms with Crippen molar-refractivity contribution in [2.75, 3.05) is 13.2 Å². The van der Waals surface area contributed by atoms with Crippen LogP contribution in [0.2, 0.25) is 0 Å². The fourth-order valence-electron chi connectivity index (χ4n) is 3.69. The fraction of sp³-hybridized carbons (Fsp3) is 0.824. The number of hydrogen-bond acceptors (Lipinski definition) is 4. The van der Waals surface area contributed by atoms with Crippen LogP contribution in [0.4, 0.5) is 0 Å². The number of hydrogen-bond donors (Lipinski definition) is 1. The molecule has 120 valence electrons. The normalized spacial score (nSPS) is 28.2. The maximum absolute atomic E-state index is 12.1. The molecule has 0 amide bonds. The first-order valence-corrected chi connectivity index (χ1v) is 8.11. The van der Waals surface area contributed by atoms with E-state index in [1.807, 2.05) is 0 Å². The lowest BCUT2D eigenvalue weighted by Gasteiger charge is -2.48. The zero-order valence-electron chi connectivity index (χ0n) is 13.5. The van der Waals surface area contributed by atoms with Crippen LogP contribution in [0.25, 0.3) is 0 Å². The van der Waals surface area contributed by atoms with E-state index in [0.717, 1.165) is 31.9 Å². The largest absolute Gasteiger partial charge is 0.515 e. The summed E-state index contributed by atoms with van der Waals surface area (Å²) in [5, 5.41) is 9.10. The Morgan fingerprint density at radius 1 is 1.38 bits per heavy atom. The van der Waals surface area contributed by atoms with E-state index < -0.39 is 5.79 Å². The maximum Gasteiger partial charge on any atom is 0.173 e. The minimum absolute atomic E-state index is 0.0606. The highest BCUT2D eigenvalue weighted by molar-refractivity contribution is 5.95. The molecule has 1 N–H and O–H groups in total. The monoisotopic (exact) mass is 296 g/mol. The van der Waals surface area contributed by atoms with Crippen LogP contribution >= 0.6 is 0 Å². The first kappa shape index (κ1) is 16.5.